The fourth-order valence-electron chi connectivity index (χ4n) is 3.23. The summed E-state index contributed by atoms with van der Waals surface area (Å²) in [7, 11) is 0. The second-order valence-corrected chi connectivity index (χ2v) is 7.45. The van der Waals surface area contributed by atoms with Gasteiger partial charge in [-0.15, -0.1) is 0 Å². The maximum absolute atomic E-state index is 12.6. The molecule has 0 spiro atoms. The van der Waals surface area contributed by atoms with Crippen molar-refractivity contribution in [2.45, 2.75) is 43.9 Å². The number of hydrogen-bond donors (Lipinski definition) is 1. The van der Waals surface area contributed by atoms with E-state index in [1.807, 2.05) is 18.2 Å². The molecule has 2 aromatic rings. The molecule has 2 atom stereocenters. The van der Waals surface area contributed by atoms with Gasteiger partial charge >= 0.3 is 5.97 Å². The van der Waals surface area contributed by atoms with Crippen LogP contribution in [0.25, 0.3) is 0 Å². The van der Waals surface area contributed by atoms with Gasteiger partial charge in [-0.3, -0.25) is 4.79 Å². The van der Waals surface area contributed by atoms with Crippen LogP contribution in [-0.4, -0.2) is 37.2 Å². The highest BCUT2D eigenvalue weighted by Gasteiger charge is 2.31. The number of benzene rings is 2. The van der Waals surface area contributed by atoms with E-state index in [-0.39, 0.29) is 18.1 Å². The third-order valence-electron chi connectivity index (χ3n) is 5.04. The molecule has 152 valence electrons. The minimum Gasteiger partial charge on any atom is -0.491 e. The van der Waals surface area contributed by atoms with Crippen molar-refractivity contribution in [1.82, 2.24) is 5.32 Å². The van der Waals surface area contributed by atoms with Crippen LogP contribution in [0.1, 0.15) is 47.7 Å². The molecule has 29 heavy (non-hydrogen) atoms. The van der Waals surface area contributed by atoms with Crippen molar-refractivity contribution in [3.05, 3.63) is 65.7 Å². The first-order valence-electron chi connectivity index (χ1n) is 10.1. The van der Waals surface area contributed by atoms with E-state index in [1.54, 1.807) is 36.4 Å². The molecule has 0 aromatic heterocycles. The molecule has 1 aliphatic carbocycles. The van der Waals surface area contributed by atoms with Crippen LogP contribution in [0.4, 0.5) is 0 Å². The van der Waals surface area contributed by atoms with E-state index in [4.69, 9.17) is 14.2 Å². The van der Waals surface area contributed by atoms with Crippen molar-refractivity contribution in [1.29, 1.82) is 0 Å². The molecule has 1 heterocycles. The third kappa shape index (κ3) is 5.35. The van der Waals surface area contributed by atoms with E-state index in [9.17, 15) is 9.59 Å². The Kier molecular flexibility index (Phi) is 6.10. The smallest absolute Gasteiger partial charge is 0.339 e. The molecule has 1 saturated carbocycles. The number of ether oxygens (including phenoxy) is 3. The molecule has 1 saturated heterocycles. The summed E-state index contributed by atoms with van der Waals surface area (Å²) in [6, 6.07) is 16.0. The predicted octanol–water partition coefficient (Wildman–Crippen LogP) is 3.42. The van der Waals surface area contributed by atoms with Crippen molar-refractivity contribution in [3.63, 3.8) is 0 Å². The number of carbonyl (C=O) groups excluding carboxylic acids is 2. The molecule has 6 nitrogen and oxygen atoms in total. The molecule has 2 aliphatic rings. The SMILES string of the molecule is O=C(O[C@@H](C(=O)NC1CC1)c1ccccc1)c1ccc(OC[C@H]2CCCO2)cc1. The minimum absolute atomic E-state index is 0.135. The highest BCUT2D eigenvalue weighted by atomic mass is 16.5. The van der Waals surface area contributed by atoms with Gasteiger partial charge in [0.25, 0.3) is 5.91 Å². The lowest BCUT2D eigenvalue weighted by molar-refractivity contribution is -0.130. The first-order chi connectivity index (χ1) is 14.2. The maximum atomic E-state index is 12.6. The van der Waals surface area contributed by atoms with Crippen LogP contribution in [0.2, 0.25) is 0 Å². The normalized spacial score (nSPS) is 19.4. The molecule has 1 aliphatic heterocycles. The molecule has 1 amide bonds. The average Bonchev–Trinajstić information content (AvgIpc) is 3.41. The lowest BCUT2D eigenvalue weighted by Gasteiger charge is -2.18. The Morgan fingerprint density at radius 1 is 1.03 bits per heavy atom. The molecular weight excluding hydrogens is 370 g/mol. The number of esters is 1. The van der Waals surface area contributed by atoms with E-state index < -0.39 is 12.1 Å². The van der Waals surface area contributed by atoms with Crippen LogP contribution in [0.15, 0.2) is 54.6 Å². The topological polar surface area (TPSA) is 73.9 Å². The van der Waals surface area contributed by atoms with Crippen molar-refractivity contribution < 1.29 is 23.8 Å². The molecule has 6 heteroatoms. The van der Waals surface area contributed by atoms with Crippen molar-refractivity contribution in [2.24, 2.45) is 0 Å². The predicted molar refractivity (Wildman–Crippen MR) is 107 cm³/mol. The fourth-order valence-corrected chi connectivity index (χ4v) is 3.23. The monoisotopic (exact) mass is 395 g/mol. The third-order valence-corrected chi connectivity index (χ3v) is 5.04. The van der Waals surface area contributed by atoms with Gasteiger partial charge in [0.05, 0.1) is 11.7 Å². The van der Waals surface area contributed by atoms with Gasteiger partial charge in [-0.25, -0.2) is 4.79 Å². The Hall–Kier alpha value is -2.86. The van der Waals surface area contributed by atoms with E-state index >= 15 is 0 Å². The van der Waals surface area contributed by atoms with Gasteiger partial charge in [-0.1, -0.05) is 30.3 Å². The molecule has 2 aromatic carbocycles. The van der Waals surface area contributed by atoms with Gasteiger partial charge in [0.1, 0.15) is 12.4 Å². The van der Waals surface area contributed by atoms with Crippen LogP contribution in [0.3, 0.4) is 0 Å². The van der Waals surface area contributed by atoms with Crippen LogP contribution < -0.4 is 10.1 Å². The van der Waals surface area contributed by atoms with E-state index in [0.29, 0.717) is 23.5 Å². The highest BCUT2D eigenvalue weighted by molar-refractivity contribution is 5.93. The first-order valence-corrected chi connectivity index (χ1v) is 10.1. The fraction of sp³-hybridized carbons (Fsp3) is 0.391. The zero-order chi connectivity index (χ0) is 20.1. The molecule has 1 N–H and O–H groups in total. The summed E-state index contributed by atoms with van der Waals surface area (Å²) in [6.45, 7) is 1.29. The van der Waals surface area contributed by atoms with Crippen molar-refractivity contribution >= 4 is 11.9 Å². The first kappa shape index (κ1) is 19.5. The highest BCUT2D eigenvalue weighted by Crippen LogP contribution is 2.24. The summed E-state index contributed by atoms with van der Waals surface area (Å²) in [5.41, 5.74) is 1.02. The van der Waals surface area contributed by atoms with Crippen LogP contribution in [0, 0.1) is 0 Å². The van der Waals surface area contributed by atoms with Crippen LogP contribution >= 0.6 is 0 Å². The lowest BCUT2D eigenvalue weighted by Crippen LogP contribution is -2.33. The maximum Gasteiger partial charge on any atom is 0.339 e. The van der Waals surface area contributed by atoms with Crippen molar-refractivity contribution in [2.75, 3.05) is 13.2 Å². The Balaban J connectivity index is 1.39. The van der Waals surface area contributed by atoms with E-state index in [2.05, 4.69) is 5.32 Å². The number of rotatable bonds is 8. The van der Waals surface area contributed by atoms with Gasteiger partial charge in [0.15, 0.2) is 0 Å². The summed E-state index contributed by atoms with van der Waals surface area (Å²) in [5.74, 6) is -0.165. The molecule has 0 unspecified atom stereocenters. The summed E-state index contributed by atoms with van der Waals surface area (Å²) >= 11 is 0. The second kappa shape index (κ2) is 9.09. The number of carbonyl (C=O) groups is 2. The molecule has 4 rings (SSSR count). The van der Waals surface area contributed by atoms with E-state index in [0.717, 1.165) is 32.3 Å². The van der Waals surface area contributed by atoms with Gasteiger partial charge in [-0.2, -0.15) is 0 Å². The number of nitrogens with one attached hydrogen (secondary N) is 1. The Labute approximate surface area is 170 Å². The summed E-state index contributed by atoms with van der Waals surface area (Å²) < 4.78 is 16.8. The van der Waals surface area contributed by atoms with Gasteiger partial charge in [0.2, 0.25) is 6.10 Å². The Morgan fingerprint density at radius 3 is 2.45 bits per heavy atom. The molecule has 0 radical (unpaired) electrons. The van der Waals surface area contributed by atoms with Gasteiger partial charge in [0, 0.05) is 18.2 Å². The van der Waals surface area contributed by atoms with E-state index in [1.165, 1.54) is 0 Å². The summed E-state index contributed by atoms with van der Waals surface area (Å²) in [5, 5.41) is 2.91. The summed E-state index contributed by atoms with van der Waals surface area (Å²) in [6.07, 6.45) is 3.17. The Morgan fingerprint density at radius 2 is 1.79 bits per heavy atom. The standard InChI is InChI=1S/C23H25NO5/c25-22(24-18-10-11-18)21(16-5-2-1-3-6-16)29-23(26)17-8-12-19(13-9-17)28-15-20-7-4-14-27-20/h1-3,5-6,8-9,12-13,18,20-21H,4,7,10-11,14-15H2,(H,24,25)/t20-,21-/m1/s1. The quantitative estimate of drug-likeness (QED) is 0.694. The number of amides is 1. The lowest BCUT2D eigenvalue weighted by atomic mass is 10.1. The molecular formula is C23H25NO5. The second-order valence-electron chi connectivity index (χ2n) is 7.45. The van der Waals surface area contributed by atoms with Crippen molar-refractivity contribution in [3.8, 4) is 5.75 Å². The van der Waals surface area contributed by atoms with Crippen LogP contribution in [-0.2, 0) is 14.3 Å². The Bertz CT molecular complexity index is 826. The zero-order valence-electron chi connectivity index (χ0n) is 16.2. The average molecular weight is 395 g/mol. The largest absolute Gasteiger partial charge is 0.491 e. The minimum atomic E-state index is -0.972. The van der Waals surface area contributed by atoms with Crippen LogP contribution in [0.5, 0.6) is 5.75 Å². The van der Waals surface area contributed by atoms with Gasteiger partial charge < -0.3 is 19.5 Å². The number of hydrogen-bond acceptors (Lipinski definition) is 5. The molecule has 0 bridgehead atoms. The van der Waals surface area contributed by atoms with Gasteiger partial charge in [-0.05, 0) is 49.9 Å². The molecule has 2 fully saturated rings. The summed E-state index contributed by atoms with van der Waals surface area (Å²) in [4.78, 5) is 25.3. The zero-order valence-corrected chi connectivity index (χ0v) is 16.2.